The van der Waals surface area contributed by atoms with Gasteiger partial charge in [0.25, 0.3) is 5.91 Å². The van der Waals surface area contributed by atoms with E-state index in [1.54, 1.807) is 30.2 Å². The quantitative estimate of drug-likeness (QED) is 0.280. The van der Waals surface area contributed by atoms with Gasteiger partial charge in [-0.1, -0.05) is 17.7 Å². The van der Waals surface area contributed by atoms with E-state index in [1.807, 2.05) is 18.2 Å². The first kappa shape index (κ1) is 25.2. The number of hydrogen-bond donors (Lipinski definition) is 4. The summed E-state index contributed by atoms with van der Waals surface area (Å²) in [6.07, 6.45) is 6.75. The molecule has 3 heterocycles. The summed E-state index contributed by atoms with van der Waals surface area (Å²) in [5.41, 5.74) is 3.56. The van der Waals surface area contributed by atoms with Crippen LogP contribution in [0.15, 0.2) is 48.9 Å². The lowest BCUT2D eigenvalue weighted by atomic mass is 10.0. The van der Waals surface area contributed by atoms with Gasteiger partial charge >= 0.3 is 0 Å². The smallest absolute Gasteiger partial charge is 0.253 e. The number of amides is 2. The highest BCUT2D eigenvalue weighted by molar-refractivity contribution is 6.33. The van der Waals surface area contributed by atoms with Gasteiger partial charge in [0.05, 0.1) is 23.6 Å². The van der Waals surface area contributed by atoms with E-state index in [1.165, 1.54) is 19.3 Å². The fourth-order valence-corrected chi connectivity index (χ4v) is 4.33. The topological polar surface area (TPSA) is 126 Å². The number of fused-ring (bicyclic) bond motifs is 1. The van der Waals surface area contributed by atoms with Crippen LogP contribution in [0.1, 0.15) is 28.8 Å². The normalized spacial score (nSPS) is 12.8. The molecule has 194 valence electrons. The first-order valence-corrected chi connectivity index (χ1v) is 12.2. The molecule has 1 aliphatic rings. The number of carbonyl (C=O) groups is 2. The predicted octanol–water partition coefficient (Wildman–Crippen LogP) is 4.79. The van der Waals surface area contributed by atoms with E-state index in [0.29, 0.717) is 23.2 Å². The van der Waals surface area contributed by atoms with Gasteiger partial charge < -0.3 is 21.3 Å². The van der Waals surface area contributed by atoms with Crippen LogP contribution < -0.4 is 21.3 Å². The zero-order valence-electron chi connectivity index (χ0n) is 20.6. The standard InChI is InChI=1S/C26H24ClFN8O2/c1-29-25(38)18-8-15(16-11-31-36(2)13-16)9-20(28)23(18)34-24-19(27)12-30-26(35-24)32-17-7-6-14-4-3-5-22(37)33-21(14)10-17/h6-13H,3-5H2,1-2H3,(H,29,38)(H,33,37)(H2,30,32,34,35). The van der Waals surface area contributed by atoms with Gasteiger partial charge in [-0.05, 0) is 48.2 Å². The van der Waals surface area contributed by atoms with Crippen molar-refractivity contribution in [2.45, 2.75) is 19.3 Å². The van der Waals surface area contributed by atoms with Crippen molar-refractivity contribution in [1.29, 1.82) is 0 Å². The average molecular weight is 535 g/mol. The van der Waals surface area contributed by atoms with Crippen molar-refractivity contribution < 1.29 is 14.0 Å². The van der Waals surface area contributed by atoms with Crippen LogP contribution >= 0.6 is 11.6 Å². The maximum absolute atomic E-state index is 15.4. The summed E-state index contributed by atoms with van der Waals surface area (Å²) in [6, 6.07) is 8.49. The summed E-state index contributed by atoms with van der Waals surface area (Å²) in [5, 5.41) is 15.6. The van der Waals surface area contributed by atoms with E-state index >= 15 is 4.39 Å². The molecule has 0 atom stereocenters. The third-order valence-electron chi connectivity index (χ3n) is 6.08. The predicted molar refractivity (Wildman–Crippen MR) is 144 cm³/mol. The van der Waals surface area contributed by atoms with Crippen LogP contribution in [-0.4, -0.2) is 38.6 Å². The van der Waals surface area contributed by atoms with E-state index in [4.69, 9.17) is 11.6 Å². The molecule has 4 aromatic rings. The molecular weight excluding hydrogens is 511 g/mol. The van der Waals surface area contributed by atoms with E-state index in [-0.39, 0.29) is 33.9 Å². The zero-order chi connectivity index (χ0) is 26.8. The number of aryl methyl sites for hydroxylation is 2. The molecule has 38 heavy (non-hydrogen) atoms. The van der Waals surface area contributed by atoms with Gasteiger partial charge in [-0.25, -0.2) is 9.37 Å². The lowest BCUT2D eigenvalue weighted by Gasteiger charge is -2.15. The van der Waals surface area contributed by atoms with Crippen molar-refractivity contribution >= 4 is 52.2 Å². The van der Waals surface area contributed by atoms with E-state index in [9.17, 15) is 9.59 Å². The van der Waals surface area contributed by atoms with Crippen molar-refractivity contribution in [3.63, 3.8) is 0 Å². The van der Waals surface area contributed by atoms with Crippen LogP contribution in [-0.2, 0) is 18.3 Å². The molecule has 0 radical (unpaired) electrons. The highest BCUT2D eigenvalue weighted by Crippen LogP contribution is 2.33. The van der Waals surface area contributed by atoms with Gasteiger partial charge in [-0.3, -0.25) is 14.3 Å². The van der Waals surface area contributed by atoms with Gasteiger partial charge in [-0.2, -0.15) is 10.1 Å². The number of aromatic nitrogens is 4. The molecule has 4 N–H and O–H groups in total. The monoisotopic (exact) mass is 534 g/mol. The van der Waals surface area contributed by atoms with E-state index in [2.05, 4.69) is 36.3 Å². The third kappa shape index (κ3) is 5.28. The van der Waals surface area contributed by atoms with E-state index < -0.39 is 11.7 Å². The highest BCUT2D eigenvalue weighted by Gasteiger charge is 2.20. The van der Waals surface area contributed by atoms with E-state index in [0.717, 1.165) is 24.1 Å². The number of carbonyl (C=O) groups excluding carboxylic acids is 2. The van der Waals surface area contributed by atoms with Crippen LogP contribution in [0.5, 0.6) is 0 Å². The molecular formula is C26H24ClFN8O2. The lowest BCUT2D eigenvalue weighted by molar-refractivity contribution is -0.116. The third-order valence-corrected chi connectivity index (χ3v) is 6.35. The fourth-order valence-electron chi connectivity index (χ4n) is 4.19. The molecule has 0 aliphatic carbocycles. The summed E-state index contributed by atoms with van der Waals surface area (Å²) < 4.78 is 17.0. The summed E-state index contributed by atoms with van der Waals surface area (Å²) in [5.74, 6) is -0.905. The molecule has 12 heteroatoms. The van der Waals surface area contributed by atoms with Crippen molar-refractivity contribution in [2.75, 3.05) is 23.0 Å². The molecule has 0 unspecified atom stereocenters. The Morgan fingerprint density at radius 3 is 2.74 bits per heavy atom. The van der Waals surface area contributed by atoms with Crippen LogP contribution in [0, 0.1) is 5.82 Å². The number of nitrogens with one attached hydrogen (secondary N) is 4. The fraction of sp³-hybridized carbons (Fsp3) is 0.192. The minimum Gasteiger partial charge on any atom is -0.355 e. The van der Waals surface area contributed by atoms with Gasteiger partial charge in [0.1, 0.15) is 10.8 Å². The highest BCUT2D eigenvalue weighted by atomic mass is 35.5. The van der Waals surface area contributed by atoms with Crippen LogP contribution in [0.25, 0.3) is 11.1 Å². The Kier molecular flexibility index (Phi) is 6.93. The first-order valence-electron chi connectivity index (χ1n) is 11.8. The Hall–Kier alpha value is -4.51. The SMILES string of the molecule is CNC(=O)c1cc(-c2cnn(C)c2)cc(F)c1Nc1nc(Nc2ccc3c(c2)NC(=O)CCC3)ncc1Cl. The molecule has 5 rings (SSSR count). The van der Waals surface area contributed by atoms with Gasteiger partial charge in [0.2, 0.25) is 11.9 Å². The molecule has 0 fully saturated rings. The molecule has 0 bridgehead atoms. The van der Waals surface area contributed by atoms with Crippen molar-refractivity contribution in [3.05, 3.63) is 70.9 Å². The second kappa shape index (κ2) is 10.5. The van der Waals surface area contributed by atoms with Crippen molar-refractivity contribution in [3.8, 4) is 11.1 Å². The Labute approximate surface area is 222 Å². The Morgan fingerprint density at radius 1 is 1.13 bits per heavy atom. The number of anilines is 5. The van der Waals surface area contributed by atoms with Crippen LogP contribution in [0.4, 0.5) is 33.2 Å². The molecule has 2 amide bonds. The first-order chi connectivity index (χ1) is 18.3. The van der Waals surface area contributed by atoms with Crippen LogP contribution in [0.2, 0.25) is 5.02 Å². The summed E-state index contributed by atoms with van der Waals surface area (Å²) >= 11 is 6.33. The average Bonchev–Trinajstić information content (AvgIpc) is 3.24. The summed E-state index contributed by atoms with van der Waals surface area (Å²) in [6.45, 7) is 0. The molecule has 10 nitrogen and oxygen atoms in total. The number of rotatable bonds is 6. The minimum atomic E-state index is -0.671. The molecule has 0 saturated carbocycles. The van der Waals surface area contributed by atoms with Crippen molar-refractivity contribution in [1.82, 2.24) is 25.1 Å². The number of hydrogen-bond acceptors (Lipinski definition) is 7. The largest absolute Gasteiger partial charge is 0.355 e. The minimum absolute atomic E-state index is 0.0291. The van der Waals surface area contributed by atoms with Gasteiger partial charge in [0.15, 0.2) is 5.82 Å². The summed E-state index contributed by atoms with van der Waals surface area (Å²) in [4.78, 5) is 33.2. The maximum atomic E-state index is 15.4. The molecule has 2 aromatic carbocycles. The number of halogens is 2. The number of nitrogens with zero attached hydrogens (tertiary/aromatic N) is 4. The second-order valence-electron chi connectivity index (χ2n) is 8.78. The Morgan fingerprint density at radius 2 is 1.97 bits per heavy atom. The molecule has 1 aliphatic heterocycles. The van der Waals surface area contributed by atoms with Crippen molar-refractivity contribution in [2.24, 2.45) is 7.05 Å². The Balaban J connectivity index is 1.45. The molecule has 0 saturated heterocycles. The maximum Gasteiger partial charge on any atom is 0.253 e. The Bertz CT molecular complexity index is 1550. The molecule has 0 spiro atoms. The molecule has 2 aromatic heterocycles. The van der Waals surface area contributed by atoms with Gasteiger partial charge in [0, 0.05) is 43.7 Å². The second-order valence-corrected chi connectivity index (χ2v) is 9.18. The lowest BCUT2D eigenvalue weighted by Crippen LogP contribution is -2.20. The number of benzene rings is 2. The van der Waals surface area contributed by atoms with Gasteiger partial charge in [-0.15, -0.1) is 0 Å². The zero-order valence-corrected chi connectivity index (χ0v) is 21.4. The van der Waals surface area contributed by atoms with Crippen LogP contribution in [0.3, 0.4) is 0 Å². The summed E-state index contributed by atoms with van der Waals surface area (Å²) in [7, 11) is 3.21.